The topological polar surface area (TPSA) is 89.4 Å². The average molecular weight is 301 g/mol. The van der Waals surface area contributed by atoms with E-state index in [9.17, 15) is 8.42 Å². The molecular formula is C12H19N3O2S2. The second-order valence-electron chi connectivity index (χ2n) is 4.83. The summed E-state index contributed by atoms with van der Waals surface area (Å²) in [7, 11) is -3.75. The summed E-state index contributed by atoms with van der Waals surface area (Å²) in [6.07, 6.45) is 0. The van der Waals surface area contributed by atoms with Gasteiger partial charge in [-0.3, -0.25) is 0 Å². The van der Waals surface area contributed by atoms with Gasteiger partial charge in [0.15, 0.2) is 0 Å². The molecule has 106 valence electrons. The van der Waals surface area contributed by atoms with Crippen LogP contribution in [0.3, 0.4) is 0 Å². The smallest absolute Gasteiger partial charge is 0.238 e. The van der Waals surface area contributed by atoms with Crippen molar-refractivity contribution < 1.29 is 8.42 Å². The predicted molar refractivity (Wildman–Crippen MR) is 81.1 cm³/mol. The normalized spacial score (nSPS) is 20.6. The van der Waals surface area contributed by atoms with E-state index in [-0.39, 0.29) is 4.90 Å². The maximum atomic E-state index is 11.6. The maximum Gasteiger partial charge on any atom is 0.238 e. The van der Waals surface area contributed by atoms with Gasteiger partial charge in [-0.25, -0.2) is 13.6 Å². The summed E-state index contributed by atoms with van der Waals surface area (Å²) in [6.45, 7) is 4.80. The molecule has 1 saturated heterocycles. The SMILES string of the molecule is Cc1c(N2CCSCC2C)cc(N)cc1S(N)(=O)=O. The number of nitrogens with zero attached hydrogens (tertiary/aromatic N) is 1. The van der Waals surface area contributed by atoms with E-state index in [0.29, 0.717) is 17.3 Å². The Bertz CT molecular complexity index is 587. The first kappa shape index (κ1) is 14.5. The highest BCUT2D eigenvalue weighted by molar-refractivity contribution is 7.99. The van der Waals surface area contributed by atoms with Crippen LogP contribution in [-0.2, 0) is 10.0 Å². The molecule has 0 bridgehead atoms. The molecule has 7 heteroatoms. The molecule has 1 aliphatic heterocycles. The highest BCUT2D eigenvalue weighted by Crippen LogP contribution is 2.32. The molecule has 4 N–H and O–H groups in total. The number of benzene rings is 1. The van der Waals surface area contributed by atoms with E-state index in [2.05, 4.69) is 11.8 Å². The first-order chi connectivity index (χ1) is 8.80. The fourth-order valence-corrected chi connectivity index (χ4v) is 4.22. The second-order valence-corrected chi connectivity index (χ2v) is 7.51. The van der Waals surface area contributed by atoms with Crippen LogP contribution in [0.4, 0.5) is 11.4 Å². The molecule has 1 aliphatic rings. The first-order valence-corrected chi connectivity index (χ1v) is 8.78. The van der Waals surface area contributed by atoms with E-state index in [1.807, 2.05) is 17.8 Å². The van der Waals surface area contributed by atoms with Crippen LogP contribution in [0.2, 0.25) is 0 Å². The quantitative estimate of drug-likeness (QED) is 0.800. The molecule has 1 fully saturated rings. The fourth-order valence-electron chi connectivity index (χ4n) is 2.37. The van der Waals surface area contributed by atoms with E-state index in [4.69, 9.17) is 10.9 Å². The Morgan fingerprint density at radius 2 is 2.11 bits per heavy atom. The molecule has 1 aromatic carbocycles. The van der Waals surface area contributed by atoms with Crippen molar-refractivity contribution in [2.75, 3.05) is 28.7 Å². The lowest BCUT2D eigenvalue weighted by molar-refractivity contribution is 0.597. The van der Waals surface area contributed by atoms with Gasteiger partial charge in [-0.2, -0.15) is 11.8 Å². The highest BCUT2D eigenvalue weighted by atomic mass is 32.2. The Morgan fingerprint density at radius 3 is 2.68 bits per heavy atom. The van der Waals surface area contributed by atoms with Crippen LogP contribution in [-0.4, -0.2) is 32.5 Å². The molecule has 1 heterocycles. The van der Waals surface area contributed by atoms with Crippen LogP contribution in [0.5, 0.6) is 0 Å². The van der Waals surface area contributed by atoms with E-state index < -0.39 is 10.0 Å². The Hall–Kier alpha value is -0.920. The molecule has 2 rings (SSSR count). The lowest BCUT2D eigenvalue weighted by Crippen LogP contribution is -2.41. The number of rotatable bonds is 2. The number of nitrogen functional groups attached to an aromatic ring is 1. The monoisotopic (exact) mass is 301 g/mol. The third-order valence-electron chi connectivity index (χ3n) is 3.34. The molecule has 0 radical (unpaired) electrons. The molecule has 0 aromatic heterocycles. The first-order valence-electron chi connectivity index (χ1n) is 6.08. The van der Waals surface area contributed by atoms with E-state index >= 15 is 0 Å². The van der Waals surface area contributed by atoms with Crippen LogP contribution >= 0.6 is 11.8 Å². The Labute approximate surface area is 118 Å². The van der Waals surface area contributed by atoms with Crippen LogP contribution in [0.1, 0.15) is 12.5 Å². The Kier molecular flexibility index (Phi) is 3.98. The molecule has 19 heavy (non-hydrogen) atoms. The summed E-state index contributed by atoms with van der Waals surface area (Å²) < 4.78 is 23.2. The van der Waals surface area contributed by atoms with Crippen molar-refractivity contribution in [2.24, 2.45) is 5.14 Å². The second kappa shape index (κ2) is 5.22. The minimum atomic E-state index is -3.75. The number of anilines is 2. The summed E-state index contributed by atoms with van der Waals surface area (Å²) in [5, 5.41) is 5.25. The van der Waals surface area contributed by atoms with E-state index in [1.165, 1.54) is 6.07 Å². The number of hydrogen-bond donors (Lipinski definition) is 2. The van der Waals surface area contributed by atoms with Crippen molar-refractivity contribution in [1.82, 2.24) is 0 Å². The predicted octanol–water partition coefficient (Wildman–Crippen LogP) is 1.17. The zero-order valence-electron chi connectivity index (χ0n) is 11.1. The summed E-state index contributed by atoms with van der Waals surface area (Å²) in [4.78, 5) is 2.32. The van der Waals surface area contributed by atoms with Gasteiger partial charge in [-0.05, 0) is 31.5 Å². The lowest BCUT2D eigenvalue weighted by atomic mass is 10.1. The summed E-state index contributed by atoms with van der Waals surface area (Å²) in [5.74, 6) is 2.06. The number of hydrogen-bond acceptors (Lipinski definition) is 5. The van der Waals surface area contributed by atoms with Gasteiger partial charge in [0.05, 0.1) is 4.90 Å². The van der Waals surface area contributed by atoms with Gasteiger partial charge in [0.1, 0.15) is 0 Å². The number of thioether (sulfide) groups is 1. The molecule has 1 aromatic rings. The van der Waals surface area contributed by atoms with Crippen LogP contribution in [0, 0.1) is 6.92 Å². The molecule has 1 unspecified atom stereocenters. The van der Waals surface area contributed by atoms with E-state index in [1.54, 1.807) is 6.92 Å². The van der Waals surface area contributed by atoms with Gasteiger partial charge in [0.25, 0.3) is 0 Å². The molecule has 5 nitrogen and oxygen atoms in total. The summed E-state index contributed by atoms with van der Waals surface area (Å²) in [5.41, 5.74) is 7.80. The van der Waals surface area contributed by atoms with E-state index in [0.717, 1.165) is 23.7 Å². The van der Waals surface area contributed by atoms with Gasteiger partial charge < -0.3 is 10.6 Å². The maximum absolute atomic E-state index is 11.6. The zero-order chi connectivity index (χ0) is 14.2. The molecular weight excluding hydrogens is 282 g/mol. The van der Waals surface area contributed by atoms with Gasteiger partial charge in [0.2, 0.25) is 10.0 Å². The standard InChI is InChI=1S/C12H19N3O2S2/c1-8-7-18-4-3-15(8)11-5-10(13)6-12(9(11)2)19(14,16)17/h5-6,8H,3-4,7,13H2,1-2H3,(H2,14,16,17). The number of primary sulfonamides is 1. The van der Waals surface area contributed by atoms with Crippen molar-refractivity contribution in [1.29, 1.82) is 0 Å². The molecule has 0 amide bonds. The third kappa shape index (κ3) is 2.98. The summed E-state index contributed by atoms with van der Waals surface area (Å²) in [6, 6.07) is 3.61. The minimum absolute atomic E-state index is 0.118. The van der Waals surface area contributed by atoms with Crippen molar-refractivity contribution in [3.63, 3.8) is 0 Å². The van der Waals surface area contributed by atoms with Crippen molar-refractivity contribution in [3.8, 4) is 0 Å². The van der Waals surface area contributed by atoms with Crippen molar-refractivity contribution >= 4 is 33.2 Å². The molecule has 0 spiro atoms. The molecule has 0 aliphatic carbocycles. The largest absolute Gasteiger partial charge is 0.399 e. The zero-order valence-corrected chi connectivity index (χ0v) is 12.7. The Balaban J connectivity index is 2.54. The van der Waals surface area contributed by atoms with Gasteiger partial charge in [-0.15, -0.1) is 0 Å². The third-order valence-corrected chi connectivity index (χ3v) is 5.56. The lowest BCUT2D eigenvalue weighted by Gasteiger charge is -2.36. The number of nitrogens with two attached hydrogens (primary N) is 2. The van der Waals surface area contributed by atoms with Crippen LogP contribution < -0.4 is 15.8 Å². The van der Waals surface area contributed by atoms with Gasteiger partial charge in [-0.1, -0.05) is 0 Å². The average Bonchev–Trinajstić information content (AvgIpc) is 2.31. The number of sulfonamides is 1. The molecule has 1 atom stereocenters. The fraction of sp³-hybridized carbons (Fsp3) is 0.500. The summed E-state index contributed by atoms with van der Waals surface area (Å²) >= 11 is 1.91. The van der Waals surface area contributed by atoms with Gasteiger partial charge in [0, 0.05) is 35.5 Å². The van der Waals surface area contributed by atoms with Crippen molar-refractivity contribution in [3.05, 3.63) is 17.7 Å². The molecule has 0 saturated carbocycles. The van der Waals surface area contributed by atoms with Gasteiger partial charge >= 0.3 is 0 Å². The van der Waals surface area contributed by atoms with Crippen molar-refractivity contribution in [2.45, 2.75) is 24.8 Å². The van der Waals surface area contributed by atoms with Crippen LogP contribution in [0.15, 0.2) is 17.0 Å². The van der Waals surface area contributed by atoms with Crippen LogP contribution in [0.25, 0.3) is 0 Å². The highest BCUT2D eigenvalue weighted by Gasteiger charge is 2.24. The Morgan fingerprint density at radius 1 is 1.42 bits per heavy atom. The minimum Gasteiger partial charge on any atom is -0.399 e.